The van der Waals surface area contributed by atoms with Crippen LogP contribution in [-0.2, 0) is 0 Å². The van der Waals surface area contributed by atoms with Crippen molar-refractivity contribution < 1.29 is 4.79 Å². The second-order valence-corrected chi connectivity index (χ2v) is 7.32. The highest BCUT2D eigenvalue weighted by Gasteiger charge is 2.08. The number of nitrogens with zero attached hydrogens (tertiary/aromatic N) is 4. The number of thiazole rings is 1. The zero-order valence-corrected chi connectivity index (χ0v) is 15.7. The third-order valence-corrected chi connectivity index (χ3v) is 5.07. The van der Waals surface area contributed by atoms with E-state index in [9.17, 15) is 4.79 Å². The fraction of sp³-hybridized carbons (Fsp3) is 0. The minimum absolute atomic E-state index is 0.103. The van der Waals surface area contributed by atoms with E-state index in [-0.39, 0.29) is 5.78 Å². The molecule has 5 nitrogen and oxygen atoms in total. The number of hydrogen-bond donors (Lipinski definition) is 0. The molecule has 1 aromatic carbocycles. The Balaban J connectivity index is 1.53. The number of ketones is 1. The van der Waals surface area contributed by atoms with Gasteiger partial charge in [0.05, 0.1) is 9.17 Å². The monoisotopic (exact) mass is 422 g/mol. The Morgan fingerprint density at radius 2 is 1.81 bits per heavy atom. The Morgan fingerprint density at radius 1 is 1.04 bits per heavy atom. The molecule has 0 bridgehead atoms. The maximum atomic E-state index is 12.3. The predicted octanol–water partition coefficient (Wildman–Crippen LogP) is 4.81. The lowest BCUT2D eigenvalue weighted by molar-refractivity contribution is 0.104. The van der Waals surface area contributed by atoms with Crippen LogP contribution in [0.2, 0.25) is 0 Å². The Bertz CT molecular complexity index is 1070. The Morgan fingerprint density at radius 3 is 2.54 bits per heavy atom. The zero-order chi connectivity index (χ0) is 17.9. The number of carbonyl (C=O) groups is 1. The van der Waals surface area contributed by atoms with E-state index in [0.29, 0.717) is 11.4 Å². The predicted molar refractivity (Wildman–Crippen MR) is 106 cm³/mol. The van der Waals surface area contributed by atoms with Gasteiger partial charge in [0.1, 0.15) is 5.01 Å². The molecule has 126 valence electrons. The van der Waals surface area contributed by atoms with Crippen molar-refractivity contribution in [3.63, 3.8) is 0 Å². The molecule has 0 aliphatic heterocycles. The summed E-state index contributed by atoms with van der Waals surface area (Å²) in [5.41, 5.74) is 2.30. The Labute approximate surface area is 161 Å². The maximum absolute atomic E-state index is 12.3. The topological polar surface area (TPSA) is 68.6 Å². The second-order valence-electron chi connectivity index (χ2n) is 5.38. The number of hydrogen-bond acceptors (Lipinski definition) is 6. The summed E-state index contributed by atoms with van der Waals surface area (Å²) in [5, 5.41) is 0.886. The fourth-order valence-corrected chi connectivity index (χ4v) is 3.46. The van der Waals surface area contributed by atoms with Gasteiger partial charge in [-0.2, -0.15) is 0 Å². The van der Waals surface area contributed by atoms with Crippen molar-refractivity contribution in [2.45, 2.75) is 0 Å². The summed E-state index contributed by atoms with van der Waals surface area (Å²) in [6, 6.07) is 11.3. The van der Waals surface area contributed by atoms with Gasteiger partial charge in [-0.05, 0) is 40.2 Å². The molecule has 3 aromatic heterocycles. The van der Waals surface area contributed by atoms with Crippen LogP contribution in [0.25, 0.3) is 27.0 Å². The lowest BCUT2D eigenvalue weighted by atomic mass is 10.1. The average Bonchev–Trinajstić information content (AvgIpc) is 3.12. The number of rotatable bonds is 4. The van der Waals surface area contributed by atoms with E-state index < -0.39 is 0 Å². The van der Waals surface area contributed by atoms with Crippen molar-refractivity contribution in [2.75, 3.05) is 0 Å². The molecule has 0 spiro atoms. The number of fused-ring (bicyclic) bond motifs is 1. The van der Waals surface area contributed by atoms with E-state index in [4.69, 9.17) is 0 Å². The minimum atomic E-state index is -0.103. The third-order valence-electron chi connectivity index (χ3n) is 3.61. The summed E-state index contributed by atoms with van der Waals surface area (Å²) in [6.45, 7) is 0. The van der Waals surface area contributed by atoms with Crippen LogP contribution >= 0.6 is 27.3 Å². The van der Waals surface area contributed by atoms with Crippen LogP contribution in [0, 0.1) is 0 Å². The van der Waals surface area contributed by atoms with Crippen LogP contribution < -0.4 is 0 Å². The van der Waals surface area contributed by atoms with Gasteiger partial charge in [0.15, 0.2) is 17.3 Å². The number of allylic oxidation sites excluding steroid dienone is 1. The minimum Gasteiger partial charge on any atom is -0.289 e. The molecule has 0 aliphatic carbocycles. The smallest absolute Gasteiger partial charge is 0.185 e. The maximum Gasteiger partial charge on any atom is 0.185 e. The van der Waals surface area contributed by atoms with Crippen LogP contribution in [0.4, 0.5) is 0 Å². The average molecular weight is 423 g/mol. The van der Waals surface area contributed by atoms with E-state index in [1.165, 1.54) is 6.08 Å². The van der Waals surface area contributed by atoms with E-state index >= 15 is 0 Å². The molecule has 0 saturated carbocycles. The van der Waals surface area contributed by atoms with Gasteiger partial charge >= 0.3 is 0 Å². The Hall–Kier alpha value is -2.77. The number of benzene rings is 1. The molecule has 4 rings (SSSR count). The summed E-state index contributed by atoms with van der Waals surface area (Å²) >= 11 is 4.86. The molecule has 0 N–H and O–H groups in total. The molecule has 7 heteroatoms. The third kappa shape index (κ3) is 3.58. The first kappa shape index (κ1) is 16.7. The summed E-state index contributed by atoms with van der Waals surface area (Å²) in [7, 11) is 0. The fourth-order valence-electron chi connectivity index (χ4n) is 2.32. The largest absolute Gasteiger partial charge is 0.289 e. The SMILES string of the molecule is O=C(/C=C/c1ncc(Br)cn1)c1ccc(-c2nc3ncccc3s2)cc1. The number of halogens is 1. The van der Waals surface area contributed by atoms with E-state index in [2.05, 4.69) is 35.9 Å². The quantitative estimate of drug-likeness (QED) is 0.348. The van der Waals surface area contributed by atoms with Crippen LogP contribution in [0.15, 0.2) is 65.5 Å². The standard InChI is InChI=1S/C19H11BrN4OS/c20-14-10-22-17(23-11-14)8-7-15(25)12-3-5-13(6-4-12)19-24-18-16(26-19)2-1-9-21-18/h1-11H/b8-7+. The number of aromatic nitrogens is 4. The molecular weight excluding hydrogens is 412 g/mol. The number of pyridine rings is 1. The van der Waals surface area contributed by atoms with Crippen molar-refractivity contribution in [3.05, 3.63) is 76.9 Å². The molecule has 0 atom stereocenters. The van der Waals surface area contributed by atoms with E-state index in [0.717, 1.165) is 25.4 Å². The van der Waals surface area contributed by atoms with Gasteiger partial charge in [-0.1, -0.05) is 24.3 Å². The van der Waals surface area contributed by atoms with Gasteiger partial charge in [-0.15, -0.1) is 11.3 Å². The van der Waals surface area contributed by atoms with Gasteiger partial charge < -0.3 is 0 Å². The lowest BCUT2D eigenvalue weighted by Gasteiger charge is -1.99. The molecule has 0 aliphatic rings. The number of carbonyl (C=O) groups excluding carboxylic acids is 1. The van der Waals surface area contributed by atoms with Crippen molar-refractivity contribution in [3.8, 4) is 10.6 Å². The van der Waals surface area contributed by atoms with Gasteiger partial charge in [0.2, 0.25) is 0 Å². The summed E-state index contributed by atoms with van der Waals surface area (Å²) in [4.78, 5) is 29.3. The van der Waals surface area contributed by atoms with Gasteiger partial charge in [0.25, 0.3) is 0 Å². The van der Waals surface area contributed by atoms with E-state index in [1.54, 1.807) is 48.1 Å². The second kappa shape index (κ2) is 7.23. The molecule has 0 radical (unpaired) electrons. The first-order valence-electron chi connectivity index (χ1n) is 7.71. The van der Waals surface area contributed by atoms with Crippen molar-refractivity contribution in [2.24, 2.45) is 0 Å². The highest BCUT2D eigenvalue weighted by atomic mass is 79.9. The molecule has 0 amide bonds. The summed E-state index contributed by atoms with van der Waals surface area (Å²) in [5.74, 6) is 0.384. The van der Waals surface area contributed by atoms with Crippen LogP contribution in [-0.4, -0.2) is 25.7 Å². The Kier molecular flexibility index (Phi) is 4.64. The van der Waals surface area contributed by atoms with Gasteiger partial charge in [0, 0.05) is 29.7 Å². The molecule has 0 unspecified atom stereocenters. The molecule has 4 aromatic rings. The summed E-state index contributed by atoms with van der Waals surface area (Å²) < 4.78 is 1.83. The molecule has 26 heavy (non-hydrogen) atoms. The lowest BCUT2D eigenvalue weighted by Crippen LogP contribution is -1.94. The van der Waals surface area contributed by atoms with Crippen LogP contribution in [0.3, 0.4) is 0 Å². The van der Waals surface area contributed by atoms with Crippen molar-refractivity contribution in [1.29, 1.82) is 0 Å². The van der Waals surface area contributed by atoms with Crippen molar-refractivity contribution >= 4 is 49.5 Å². The molecule has 0 fully saturated rings. The van der Waals surface area contributed by atoms with Crippen LogP contribution in [0.5, 0.6) is 0 Å². The molecule has 0 saturated heterocycles. The normalized spacial score (nSPS) is 11.3. The molecule has 3 heterocycles. The first-order valence-corrected chi connectivity index (χ1v) is 9.32. The first-order chi connectivity index (χ1) is 12.7. The highest BCUT2D eigenvalue weighted by Crippen LogP contribution is 2.29. The van der Waals surface area contributed by atoms with Gasteiger partial charge in [-0.25, -0.2) is 19.9 Å². The molecular formula is C19H11BrN4OS. The summed E-state index contributed by atoms with van der Waals surface area (Å²) in [6.07, 6.45) is 8.08. The van der Waals surface area contributed by atoms with Crippen molar-refractivity contribution in [1.82, 2.24) is 19.9 Å². The van der Waals surface area contributed by atoms with Crippen LogP contribution in [0.1, 0.15) is 16.2 Å². The van der Waals surface area contributed by atoms with E-state index in [1.807, 2.05) is 24.3 Å². The zero-order valence-electron chi connectivity index (χ0n) is 13.3. The highest BCUT2D eigenvalue weighted by molar-refractivity contribution is 9.10. The van der Waals surface area contributed by atoms with Gasteiger partial charge in [-0.3, -0.25) is 4.79 Å².